The molecule has 0 radical (unpaired) electrons. The molecule has 0 saturated heterocycles. The Morgan fingerprint density at radius 3 is 1.74 bits per heavy atom. The van der Waals surface area contributed by atoms with Crippen molar-refractivity contribution in [3.05, 3.63) is 35.4 Å². The fraction of sp³-hybridized carbons (Fsp3) is 0.625. The van der Waals surface area contributed by atoms with E-state index in [1.807, 2.05) is 0 Å². The van der Waals surface area contributed by atoms with E-state index in [1.54, 1.807) is 12.1 Å². The van der Waals surface area contributed by atoms with Crippen LogP contribution < -0.4 is 0 Å². The molecule has 0 amide bonds. The van der Waals surface area contributed by atoms with E-state index in [2.05, 4.69) is 34.6 Å². The molecule has 0 heterocycles. The van der Waals surface area contributed by atoms with Crippen LogP contribution in [0.15, 0.2) is 24.3 Å². The summed E-state index contributed by atoms with van der Waals surface area (Å²) in [6.45, 7) is 10.7. The molecule has 0 N–H and O–H groups in total. The summed E-state index contributed by atoms with van der Waals surface area (Å²) >= 11 is 0. The van der Waals surface area contributed by atoms with E-state index in [-0.39, 0.29) is 5.41 Å². The molecule has 0 bridgehead atoms. The summed E-state index contributed by atoms with van der Waals surface area (Å²) in [6.07, 6.45) is -3.29. The summed E-state index contributed by atoms with van der Waals surface area (Å²) in [5.74, 6) is 0.707. The summed E-state index contributed by atoms with van der Waals surface area (Å²) in [7, 11) is 0. The lowest BCUT2D eigenvalue weighted by Crippen LogP contribution is -2.16. The van der Waals surface area contributed by atoms with Crippen molar-refractivity contribution < 1.29 is 13.2 Å². The maximum absolute atomic E-state index is 12.6. The van der Waals surface area contributed by atoms with Gasteiger partial charge < -0.3 is 0 Å². The second kappa shape index (κ2) is 5.56. The number of hydrogen-bond donors (Lipinski definition) is 0. The first-order valence-electron chi connectivity index (χ1n) is 6.68. The molecule has 1 atom stereocenters. The van der Waals surface area contributed by atoms with Gasteiger partial charge in [-0.3, -0.25) is 0 Å². The van der Waals surface area contributed by atoms with Gasteiger partial charge in [-0.1, -0.05) is 46.8 Å². The summed E-state index contributed by atoms with van der Waals surface area (Å²) < 4.78 is 37.7. The van der Waals surface area contributed by atoms with Gasteiger partial charge >= 0.3 is 6.18 Å². The average molecular weight is 272 g/mol. The zero-order valence-electron chi connectivity index (χ0n) is 12.3. The van der Waals surface area contributed by atoms with Gasteiger partial charge in [0.05, 0.1) is 5.56 Å². The molecule has 0 aromatic heterocycles. The number of benzene rings is 1. The third-order valence-corrected chi connectivity index (χ3v) is 3.30. The second-order valence-electron chi connectivity index (χ2n) is 6.74. The highest BCUT2D eigenvalue weighted by Gasteiger charge is 2.30. The Labute approximate surface area is 114 Å². The van der Waals surface area contributed by atoms with Crippen molar-refractivity contribution in [3.8, 4) is 0 Å². The van der Waals surface area contributed by atoms with Crippen molar-refractivity contribution in [2.45, 2.75) is 53.1 Å². The minimum atomic E-state index is -4.25. The van der Waals surface area contributed by atoms with E-state index in [4.69, 9.17) is 0 Å². The quantitative estimate of drug-likeness (QED) is 0.644. The predicted molar refractivity (Wildman–Crippen MR) is 73.1 cm³/mol. The van der Waals surface area contributed by atoms with Crippen LogP contribution in [-0.2, 0) is 6.18 Å². The van der Waals surface area contributed by atoms with Crippen LogP contribution in [0, 0.1) is 11.3 Å². The summed E-state index contributed by atoms with van der Waals surface area (Å²) in [5, 5.41) is 0. The zero-order valence-corrected chi connectivity index (χ0v) is 12.3. The maximum Gasteiger partial charge on any atom is 0.416 e. The predicted octanol–water partition coefficient (Wildman–Crippen LogP) is 5.88. The van der Waals surface area contributed by atoms with E-state index in [0.717, 1.165) is 12.0 Å². The lowest BCUT2D eigenvalue weighted by atomic mass is 9.76. The number of hydrogen-bond acceptors (Lipinski definition) is 0. The molecule has 0 fully saturated rings. The molecule has 19 heavy (non-hydrogen) atoms. The molecule has 0 spiro atoms. The minimum Gasteiger partial charge on any atom is -0.166 e. The molecule has 3 heteroatoms. The van der Waals surface area contributed by atoms with E-state index in [0.29, 0.717) is 11.8 Å². The van der Waals surface area contributed by atoms with Crippen molar-refractivity contribution in [1.82, 2.24) is 0 Å². The molecule has 1 aromatic rings. The molecule has 108 valence electrons. The number of alkyl halides is 3. The molecule has 1 rings (SSSR count). The Balaban J connectivity index is 2.99. The monoisotopic (exact) mass is 272 g/mol. The fourth-order valence-corrected chi connectivity index (χ4v) is 2.32. The van der Waals surface area contributed by atoms with Gasteiger partial charge in [0.2, 0.25) is 0 Å². The first-order chi connectivity index (χ1) is 8.50. The molecule has 0 nitrogen and oxygen atoms in total. The van der Waals surface area contributed by atoms with Crippen LogP contribution in [0.4, 0.5) is 13.2 Å². The first-order valence-corrected chi connectivity index (χ1v) is 6.68. The van der Waals surface area contributed by atoms with Crippen LogP contribution in [-0.4, -0.2) is 0 Å². The maximum atomic E-state index is 12.6. The third kappa shape index (κ3) is 4.88. The van der Waals surface area contributed by atoms with Gasteiger partial charge in [0.25, 0.3) is 0 Å². The number of halogens is 3. The van der Waals surface area contributed by atoms with Crippen molar-refractivity contribution >= 4 is 0 Å². The van der Waals surface area contributed by atoms with Gasteiger partial charge in [0.1, 0.15) is 0 Å². The molecule has 1 aromatic carbocycles. The van der Waals surface area contributed by atoms with Crippen LogP contribution >= 0.6 is 0 Å². The molecular weight excluding hydrogens is 249 g/mol. The third-order valence-electron chi connectivity index (χ3n) is 3.30. The highest BCUT2D eigenvalue weighted by Crippen LogP contribution is 2.37. The van der Waals surface area contributed by atoms with Crippen molar-refractivity contribution in [2.75, 3.05) is 0 Å². The van der Waals surface area contributed by atoms with Crippen molar-refractivity contribution in [3.63, 3.8) is 0 Å². The largest absolute Gasteiger partial charge is 0.416 e. The Morgan fingerprint density at radius 2 is 1.42 bits per heavy atom. The topological polar surface area (TPSA) is 0 Å². The van der Waals surface area contributed by atoms with Gasteiger partial charge in [0.15, 0.2) is 0 Å². The molecular formula is C16H23F3. The fourth-order valence-electron chi connectivity index (χ4n) is 2.32. The normalized spacial score (nSPS) is 14.8. The van der Waals surface area contributed by atoms with Crippen LogP contribution in [0.1, 0.15) is 58.1 Å². The van der Waals surface area contributed by atoms with Crippen LogP contribution in [0.25, 0.3) is 0 Å². The summed E-state index contributed by atoms with van der Waals surface area (Å²) in [4.78, 5) is 0. The van der Waals surface area contributed by atoms with Gasteiger partial charge in [0, 0.05) is 0 Å². The average Bonchev–Trinajstić information content (AvgIpc) is 2.23. The lowest BCUT2D eigenvalue weighted by Gasteiger charge is -2.29. The summed E-state index contributed by atoms with van der Waals surface area (Å²) in [6, 6.07) is 5.62. The van der Waals surface area contributed by atoms with Crippen molar-refractivity contribution in [2.24, 2.45) is 11.3 Å². The smallest absolute Gasteiger partial charge is 0.166 e. The van der Waals surface area contributed by atoms with Gasteiger partial charge in [-0.25, -0.2) is 0 Å². The van der Waals surface area contributed by atoms with Crippen LogP contribution in [0.2, 0.25) is 0 Å². The molecule has 1 unspecified atom stereocenters. The Hall–Kier alpha value is -0.990. The Bertz CT molecular complexity index is 393. The molecule has 0 aliphatic heterocycles. The summed E-state index contributed by atoms with van der Waals surface area (Å²) in [5.41, 5.74) is 0.588. The van der Waals surface area contributed by atoms with Crippen LogP contribution in [0.3, 0.4) is 0 Å². The highest BCUT2D eigenvalue weighted by molar-refractivity contribution is 5.27. The van der Waals surface area contributed by atoms with Gasteiger partial charge in [-0.15, -0.1) is 0 Å². The SMILES string of the molecule is CC(C)C(CC(C)(C)C)c1ccc(C(F)(F)F)cc1. The van der Waals surface area contributed by atoms with E-state index in [1.165, 1.54) is 12.1 Å². The van der Waals surface area contributed by atoms with E-state index in [9.17, 15) is 13.2 Å². The van der Waals surface area contributed by atoms with E-state index >= 15 is 0 Å². The first kappa shape index (κ1) is 16.1. The molecule has 0 aliphatic rings. The standard InChI is InChI=1S/C16H23F3/c1-11(2)14(10-15(3,4)5)12-6-8-13(9-7-12)16(17,18)19/h6-9,11,14H,10H2,1-5H3. The lowest BCUT2D eigenvalue weighted by molar-refractivity contribution is -0.137. The van der Waals surface area contributed by atoms with Crippen molar-refractivity contribution in [1.29, 1.82) is 0 Å². The van der Waals surface area contributed by atoms with Gasteiger partial charge in [-0.2, -0.15) is 13.2 Å². The molecule has 0 saturated carbocycles. The Kier molecular flexibility index (Phi) is 4.70. The Morgan fingerprint density at radius 1 is 0.947 bits per heavy atom. The zero-order chi connectivity index (χ0) is 14.8. The van der Waals surface area contributed by atoms with Gasteiger partial charge in [-0.05, 0) is 41.4 Å². The van der Waals surface area contributed by atoms with Crippen LogP contribution in [0.5, 0.6) is 0 Å². The van der Waals surface area contributed by atoms with E-state index < -0.39 is 11.7 Å². The number of rotatable bonds is 3. The minimum absolute atomic E-state index is 0.164. The highest BCUT2D eigenvalue weighted by atomic mass is 19.4. The molecule has 0 aliphatic carbocycles. The second-order valence-corrected chi connectivity index (χ2v) is 6.74.